The van der Waals surface area contributed by atoms with E-state index in [0.29, 0.717) is 12.1 Å². The van der Waals surface area contributed by atoms with Gasteiger partial charge in [-0.25, -0.2) is 0 Å². The standard InChI is InChI=1S/C16H22N2O/c1-11-15(19-4)8-5-12-9-10-18(16(11)12)14-7-6-13(14)17(2)3/h5,8-10,13-14H,6-7H2,1-4H3. The highest BCUT2D eigenvalue weighted by Gasteiger charge is 2.34. The lowest BCUT2D eigenvalue weighted by Gasteiger charge is -2.42. The molecule has 19 heavy (non-hydrogen) atoms. The van der Waals surface area contributed by atoms with Gasteiger partial charge in [-0.1, -0.05) is 0 Å². The summed E-state index contributed by atoms with van der Waals surface area (Å²) >= 11 is 0. The van der Waals surface area contributed by atoms with E-state index in [-0.39, 0.29) is 0 Å². The minimum Gasteiger partial charge on any atom is -0.496 e. The van der Waals surface area contributed by atoms with Crippen LogP contribution in [-0.2, 0) is 0 Å². The number of benzene rings is 1. The number of aromatic nitrogens is 1. The molecule has 0 saturated heterocycles. The lowest BCUT2D eigenvalue weighted by molar-refractivity contribution is 0.116. The molecule has 3 rings (SSSR count). The van der Waals surface area contributed by atoms with Crippen LogP contribution in [-0.4, -0.2) is 36.7 Å². The molecule has 0 radical (unpaired) electrons. The van der Waals surface area contributed by atoms with Crippen molar-refractivity contribution in [3.05, 3.63) is 30.0 Å². The molecule has 0 aliphatic heterocycles. The van der Waals surface area contributed by atoms with Gasteiger partial charge >= 0.3 is 0 Å². The molecule has 1 aromatic heterocycles. The van der Waals surface area contributed by atoms with Crippen LogP contribution in [0, 0.1) is 6.92 Å². The number of aryl methyl sites for hydroxylation is 1. The van der Waals surface area contributed by atoms with Crippen LogP contribution in [0.15, 0.2) is 24.4 Å². The predicted molar refractivity (Wildman–Crippen MR) is 79.0 cm³/mol. The Morgan fingerprint density at radius 2 is 2.00 bits per heavy atom. The Kier molecular flexibility index (Phi) is 3.02. The fourth-order valence-electron chi connectivity index (χ4n) is 3.30. The Balaban J connectivity index is 2.09. The molecule has 3 heteroatoms. The molecule has 0 N–H and O–H groups in total. The van der Waals surface area contributed by atoms with E-state index in [4.69, 9.17) is 4.74 Å². The van der Waals surface area contributed by atoms with Crippen LogP contribution in [0.1, 0.15) is 24.4 Å². The largest absolute Gasteiger partial charge is 0.496 e. The molecule has 1 saturated carbocycles. The highest BCUT2D eigenvalue weighted by molar-refractivity contribution is 5.85. The van der Waals surface area contributed by atoms with Crippen LogP contribution >= 0.6 is 0 Å². The molecule has 2 aromatic rings. The summed E-state index contributed by atoms with van der Waals surface area (Å²) in [4.78, 5) is 2.34. The average molecular weight is 258 g/mol. The van der Waals surface area contributed by atoms with Gasteiger partial charge in [0.15, 0.2) is 0 Å². The molecule has 1 aliphatic carbocycles. The van der Waals surface area contributed by atoms with Crippen molar-refractivity contribution in [1.82, 2.24) is 9.47 Å². The molecule has 2 unspecified atom stereocenters. The summed E-state index contributed by atoms with van der Waals surface area (Å²) < 4.78 is 7.91. The third kappa shape index (κ3) is 1.84. The van der Waals surface area contributed by atoms with Crippen LogP contribution in [0.2, 0.25) is 0 Å². The molecule has 1 fully saturated rings. The van der Waals surface area contributed by atoms with E-state index in [1.54, 1.807) is 7.11 Å². The smallest absolute Gasteiger partial charge is 0.123 e. The fraction of sp³-hybridized carbons (Fsp3) is 0.500. The highest BCUT2D eigenvalue weighted by atomic mass is 16.5. The number of fused-ring (bicyclic) bond motifs is 1. The molecule has 1 aliphatic rings. The molecule has 102 valence electrons. The maximum Gasteiger partial charge on any atom is 0.123 e. The van der Waals surface area contributed by atoms with E-state index in [2.05, 4.69) is 54.9 Å². The quantitative estimate of drug-likeness (QED) is 0.841. The normalized spacial score (nSPS) is 22.8. The zero-order valence-corrected chi connectivity index (χ0v) is 12.2. The summed E-state index contributed by atoms with van der Waals surface area (Å²) in [6.07, 6.45) is 4.79. The Labute approximate surface area is 114 Å². The Hall–Kier alpha value is -1.48. The van der Waals surface area contributed by atoms with Crippen molar-refractivity contribution in [2.45, 2.75) is 31.8 Å². The molecule has 0 amide bonds. The number of ether oxygens (including phenoxy) is 1. The topological polar surface area (TPSA) is 17.4 Å². The van der Waals surface area contributed by atoms with Crippen molar-refractivity contribution in [1.29, 1.82) is 0 Å². The van der Waals surface area contributed by atoms with E-state index in [1.165, 1.54) is 29.3 Å². The van der Waals surface area contributed by atoms with Crippen molar-refractivity contribution in [3.8, 4) is 5.75 Å². The third-order valence-corrected chi connectivity index (χ3v) is 4.53. The minimum absolute atomic E-state index is 0.596. The van der Waals surface area contributed by atoms with Gasteiger partial charge in [-0.2, -0.15) is 0 Å². The van der Waals surface area contributed by atoms with Crippen molar-refractivity contribution in [3.63, 3.8) is 0 Å². The molecule has 0 bridgehead atoms. The van der Waals surface area contributed by atoms with E-state index < -0.39 is 0 Å². The summed E-state index contributed by atoms with van der Waals surface area (Å²) in [5.41, 5.74) is 2.57. The first-order valence-corrected chi connectivity index (χ1v) is 6.94. The zero-order chi connectivity index (χ0) is 13.6. The lowest BCUT2D eigenvalue weighted by atomic mass is 9.85. The maximum absolute atomic E-state index is 5.46. The third-order valence-electron chi connectivity index (χ3n) is 4.53. The number of nitrogens with zero attached hydrogens (tertiary/aromatic N) is 2. The van der Waals surface area contributed by atoms with Crippen molar-refractivity contribution >= 4 is 10.9 Å². The summed E-state index contributed by atoms with van der Waals surface area (Å²) in [6, 6.07) is 7.68. The summed E-state index contributed by atoms with van der Waals surface area (Å²) in [5, 5.41) is 1.31. The molecule has 0 spiro atoms. The van der Waals surface area contributed by atoms with Crippen molar-refractivity contribution in [2.75, 3.05) is 21.2 Å². The number of hydrogen-bond donors (Lipinski definition) is 0. The van der Waals surface area contributed by atoms with Gasteiger partial charge < -0.3 is 14.2 Å². The van der Waals surface area contributed by atoms with E-state index in [9.17, 15) is 0 Å². The molecule has 1 aromatic carbocycles. The monoisotopic (exact) mass is 258 g/mol. The molecule has 3 nitrogen and oxygen atoms in total. The first-order valence-electron chi connectivity index (χ1n) is 6.94. The number of rotatable bonds is 3. The first-order chi connectivity index (χ1) is 9.13. The van der Waals surface area contributed by atoms with Gasteiger partial charge in [0.25, 0.3) is 0 Å². The van der Waals surface area contributed by atoms with Crippen LogP contribution in [0.3, 0.4) is 0 Å². The predicted octanol–water partition coefficient (Wildman–Crippen LogP) is 3.22. The van der Waals surface area contributed by atoms with Gasteiger partial charge in [0, 0.05) is 29.2 Å². The second kappa shape index (κ2) is 4.57. The number of methoxy groups -OCH3 is 1. The first kappa shape index (κ1) is 12.5. The van der Waals surface area contributed by atoms with Gasteiger partial charge in [0.1, 0.15) is 5.75 Å². The summed E-state index contributed by atoms with van der Waals surface area (Å²) in [5.74, 6) is 0.980. The maximum atomic E-state index is 5.46. The fourth-order valence-corrected chi connectivity index (χ4v) is 3.30. The van der Waals surface area contributed by atoms with Gasteiger partial charge in [-0.15, -0.1) is 0 Å². The lowest BCUT2D eigenvalue weighted by Crippen LogP contribution is -2.44. The average Bonchev–Trinajstić information content (AvgIpc) is 2.72. The van der Waals surface area contributed by atoms with Crippen LogP contribution in [0.5, 0.6) is 5.75 Å². The van der Waals surface area contributed by atoms with Gasteiger partial charge in [0.2, 0.25) is 0 Å². The van der Waals surface area contributed by atoms with Crippen LogP contribution < -0.4 is 4.74 Å². The Bertz CT molecular complexity index is 600. The van der Waals surface area contributed by atoms with Gasteiger partial charge in [0.05, 0.1) is 12.6 Å². The molecular formula is C16H22N2O. The molecular weight excluding hydrogens is 236 g/mol. The van der Waals surface area contributed by atoms with Gasteiger partial charge in [-0.3, -0.25) is 0 Å². The van der Waals surface area contributed by atoms with Gasteiger partial charge in [-0.05, 0) is 52.1 Å². The van der Waals surface area contributed by atoms with Crippen molar-refractivity contribution < 1.29 is 4.74 Å². The second-order valence-electron chi connectivity index (χ2n) is 5.73. The molecule has 1 heterocycles. The van der Waals surface area contributed by atoms with Crippen LogP contribution in [0.4, 0.5) is 0 Å². The summed E-state index contributed by atoms with van der Waals surface area (Å²) in [6.45, 7) is 2.15. The Morgan fingerprint density at radius 1 is 1.21 bits per heavy atom. The minimum atomic E-state index is 0.596. The van der Waals surface area contributed by atoms with E-state index in [0.717, 1.165) is 5.75 Å². The highest BCUT2D eigenvalue weighted by Crippen LogP contribution is 2.39. The van der Waals surface area contributed by atoms with E-state index >= 15 is 0 Å². The SMILES string of the molecule is COc1ccc2ccn(C3CCC3N(C)C)c2c1C. The summed E-state index contributed by atoms with van der Waals surface area (Å²) in [7, 11) is 6.10. The number of hydrogen-bond acceptors (Lipinski definition) is 2. The zero-order valence-electron chi connectivity index (χ0n) is 12.2. The Morgan fingerprint density at radius 3 is 2.58 bits per heavy atom. The number of likely N-dealkylation sites (N-methyl/N-ethyl adjacent to an activating group) is 1. The van der Waals surface area contributed by atoms with E-state index in [1.807, 2.05) is 0 Å². The van der Waals surface area contributed by atoms with Crippen LogP contribution in [0.25, 0.3) is 10.9 Å². The van der Waals surface area contributed by atoms with Crippen molar-refractivity contribution in [2.24, 2.45) is 0 Å². The second-order valence-corrected chi connectivity index (χ2v) is 5.73. The molecule has 2 atom stereocenters.